The lowest BCUT2D eigenvalue weighted by molar-refractivity contribution is -0.121. The van der Waals surface area contributed by atoms with Crippen molar-refractivity contribution in [1.29, 1.82) is 0 Å². The Bertz CT molecular complexity index is 889. The van der Waals surface area contributed by atoms with Gasteiger partial charge in [0.1, 0.15) is 5.75 Å². The second-order valence-electron chi connectivity index (χ2n) is 7.23. The molecule has 0 spiro atoms. The van der Waals surface area contributed by atoms with E-state index in [4.69, 9.17) is 4.74 Å². The van der Waals surface area contributed by atoms with Crippen LogP contribution < -0.4 is 15.0 Å². The number of anilines is 1. The van der Waals surface area contributed by atoms with Crippen molar-refractivity contribution >= 4 is 34.7 Å². The summed E-state index contributed by atoms with van der Waals surface area (Å²) < 4.78 is 5.13. The SMILES string of the molecule is COc1ccc(N2C(=O)CC(NC3CCN(C(=O)c4cccs4)CC3)C2=O)cc1. The maximum absolute atomic E-state index is 12.8. The quantitative estimate of drug-likeness (QED) is 0.761. The molecule has 1 unspecified atom stereocenters. The highest BCUT2D eigenvalue weighted by Crippen LogP contribution is 2.26. The van der Waals surface area contributed by atoms with Gasteiger partial charge < -0.3 is 15.0 Å². The van der Waals surface area contributed by atoms with Crippen molar-refractivity contribution in [3.8, 4) is 5.75 Å². The van der Waals surface area contributed by atoms with Crippen molar-refractivity contribution in [2.45, 2.75) is 31.3 Å². The van der Waals surface area contributed by atoms with Crippen molar-refractivity contribution in [2.24, 2.45) is 0 Å². The first kappa shape index (κ1) is 19.6. The van der Waals surface area contributed by atoms with Crippen LogP contribution in [0.15, 0.2) is 41.8 Å². The fraction of sp³-hybridized carbons (Fsp3) is 0.381. The zero-order chi connectivity index (χ0) is 20.4. The number of piperidine rings is 1. The molecule has 0 saturated carbocycles. The number of likely N-dealkylation sites (tertiary alicyclic amines) is 1. The van der Waals surface area contributed by atoms with Gasteiger partial charge in [-0.2, -0.15) is 0 Å². The van der Waals surface area contributed by atoms with Crippen molar-refractivity contribution in [3.63, 3.8) is 0 Å². The minimum Gasteiger partial charge on any atom is -0.497 e. The third-order valence-electron chi connectivity index (χ3n) is 5.43. The molecule has 4 rings (SSSR count). The second kappa shape index (κ2) is 8.34. The Hall–Kier alpha value is -2.71. The highest BCUT2D eigenvalue weighted by Gasteiger charge is 2.40. The Morgan fingerprint density at radius 2 is 1.86 bits per heavy atom. The molecule has 1 aromatic carbocycles. The first-order valence-electron chi connectivity index (χ1n) is 9.66. The first-order valence-corrected chi connectivity index (χ1v) is 10.5. The minimum atomic E-state index is -0.519. The van der Waals surface area contributed by atoms with Gasteiger partial charge in [0, 0.05) is 19.1 Å². The third-order valence-corrected chi connectivity index (χ3v) is 6.29. The lowest BCUT2D eigenvalue weighted by Crippen LogP contribution is -2.49. The Labute approximate surface area is 173 Å². The maximum atomic E-state index is 12.8. The molecular formula is C21H23N3O4S. The number of imide groups is 1. The second-order valence-corrected chi connectivity index (χ2v) is 8.18. The Morgan fingerprint density at radius 3 is 2.48 bits per heavy atom. The van der Waals surface area contributed by atoms with Crippen molar-refractivity contribution in [3.05, 3.63) is 46.7 Å². The summed E-state index contributed by atoms with van der Waals surface area (Å²) in [5, 5.41) is 5.24. The molecule has 3 heterocycles. The Morgan fingerprint density at radius 1 is 1.14 bits per heavy atom. The van der Waals surface area contributed by atoms with Crippen LogP contribution in [0.2, 0.25) is 0 Å². The molecule has 2 aromatic rings. The molecule has 2 saturated heterocycles. The van der Waals surface area contributed by atoms with Crippen molar-refractivity contribution in [1.82, 2.24) is 10.2 Å². The van der Waals surface area contributed by atoms with Crippen LogP contribution in [-0.2, 0) is 9.59 Å². The van der Waals surface area contributed by atoms with E-state index in [1.165, 1.54) is 16.2 Å². The van der Waals surface area contributed by atoms with Gasteiger partial charge >= 0.3 is 0 Å². The van der Waals surface area contributed by atoms with Gasteiger partial charge in [-0.05, 0) is 48.6 Å². The van der Waals surface area contributed by atoms with Gasteiger partial charge in [0.05, 0.1) is 30.1 Å². The van der Waals surface area contributed by atoms with E-state index in [0.717, 1.165) is 17.7 Å². The normalized spacial score (nSPS) is 20.4. The number of methoxy groups -OCH3 is 1. The summed E-state index contributed by atoms with van der Waals surface area (Å²) in [7, 11) is 1.57. The fourth-order valence-electron chi connectivity index (χ4n) is 3.85. The van der Waals surface area contributed by atoms with Crippen LogP contribution >= 0.6 is 11.3 Å². The van der Waals surface area contributed by atoms with Crippen LogP contribution in [0.4, 0.5) is 5.69 Å². The van der Waals surface area contributed by atoms with Crippen molar-refractivity contribution < 1.29 is 19.1 Å². The number of hydrogen-bond donors (Lipinski definition) is 1. The van der Waals surface area contributed by atoms with Crippen LogP contribution in [0, 0.1) is 0 Å². The number of nitrogens with zero attached hydrogens (tertiary/aromatic N) is 2. The minimum absolute atomic E-state index is 0.0660. The van der Waals surface area contributed by atoms with Crippen LogP contribution in [-0.4, -0.2) is 54.9 Å². The number of carbonyl (C=O) groups excluding carboxylic acids is 3. The van der Waals surface area contributed by atoms with Crippen molar-refractivity contribution in [2.75, 3.05) is 25.1 Å². The van der Waals surface area contributed by atoms with Gasteiger partial charge in [-0.15, -0.1) is 11.3 Å². The lowest BCUT2D eigenvalue weighted by Gasteiger charge is -2.33. The molecule has 1 atom stereocenters. The molecule has 2 fully saturated rings. The van der Waals surface area contributed by atoms with E-state index < -0.39 is 6.04 Å². The number of nitrogens with one attached hydrogen (secondary N) is 1. The number of hydrogen-bond acceptors (Lipinski definition) is 6. The average molecular weight is 413 g/mol. The standard InChI is InChI=1S/C21H23N3O4S/c1-28-16-6-4-15(5-7-16)24-19(25)13-17(20(24)26)22-14-8-10-23(11-9-14)21(27)18-3-2-12-29-18/h2-7,12,14,17,22H,8-11,13H2,1H3. The maximum Gasteiger partial charge on any atom is 0.263 e. The van der Waals surface area contributed by atoms with Gasteiger partial charge in [-0.3, -0.25) is 14.4 Å². The summed E-state index contributed by atoms with van der Waals surface area (Å²) in [5.41, 5.74) is 0.557. The number of rotatable bonds is 5. The number of ether oxygens (including phenoxy) is 1. The predicted molar refractivity (Wildman–Crippen MR) is 110 cm³/mol. The summed E-state index contributed by atoms with van der Waals surface area (Å²) in [6, 6.07) is 10.2. The molecule has 2 aliphatic heterocycles. The molecule has 3 amide bonds. The highest BCUT2D eigenvalue weighted by atomic mass is 32.1. The van der Waals surface area contributed by atoms with E-state index in [1.807, 2.05) is 22.4 Å². The van der Waals surface area contributed by atoms with Gasteiger partial charge in [0.2, 0.25) is 5.91 Å². The molecule has 7 nitrogen and oxygen atoms in total. The number of amides is 3. The van der Waals surface area contributed by atoms with E-state index in [-0.39, 0.29) is 30.2 Å². The molecule has 1 N–H and O–H groups in total. The van der Waals surface area contributed by atoms with Gasteiger partial charge in [-0.25, -0.2) is 4.90 Å². The Balaban J connectivity index is 1.34. The molecule has 0 radical (unpaired) electrons. The average Bonchev–Trinajstić information content (AvgIpc) is 3.37. The molecule has 29 heavy (non-hydrogen) atoms. The highest BCUT2D eigenvalue weighted by molar-refractivity contribution is 7.12. The summed E-state index contributed by atoms with van der Waals surface area (Å²) in [6.07, 6.45) is 1.68. The van der Waals surface area contributed by atoms with Gasteiger partial charge in [0.25, 0.3) is 11.8 Å². The Kier molecular flexibility index (Phi) is 5.64. The van der Waals surface area contributed by atoms with Crippen LogP contribution in [0.25, 0.3) is 0 Å². The van der Waals surface area contributed by atoms with E-state index in [1.54, 1.807) is 31.4 Å². The first-order chi connectivity index (χ1) is 14.1. The monoisotopic (exact) mass is 413 g/mol. The molecule has 0 aliphatic carbocycles. The zero-order valence-corrected chi connectivity index (χ0v) is 17.0. The summed E-state index contributed by atoms with van der Waals surface area (Å²) >= 11 is 1.45. The fourth-order valence-corrected chi connectivity index (χ4v) is 4.55. The summed E-state index contributed by atoms with van der Waals surface area (Å²) in [4.78, 5) is 41.6. The number of thiophene rings is 1. The lowest BCUT2D eigenvalue weighted by atomic mass is 10.0. The molecule has 1 aromatic heterocycles. The van der Waals surface area contributed by atoms with Crippen LogP contribution in [0.3, 0.4) is 0 Å². The van der Waals surface area contributed by atoms with Gasteiger partial charge in [-0.1, -0.05) is 6.07 Å². The largest absolute Gasteiger partial charge is 0.497 e. The third kappa shape index (κ3) is 4.04. The predicted octanol–water partition coefficient (Wildman–Crippen LogP) is 2.28. The molecular weight excluding hydrogens is 390 g/mol. The topological polar surface area (TPSA) is 79.0 Å². The number of carbonyl (C=O) groups is 3. The molecule has 8 heteroatoms. The van der Waals surface area contributed by atoms with Crippen LogP contribution in [0.5, 0.6) is 5.75 Å². The molecule has 2 aliphatic rings. The smallest absolute Gasteiger partial charge is 0.263 e. The molecule has 152 valence electrons. The van der Waals surface area contributed by atoms with E-state index >= 15 is 0 Å². The summed E-state index contributed by atoms with van der Waals surface area (Å²) in [5.74, 6) is 0.308. The van der Waals surface area contributed by atoms with Gasteiger partial charge in [0.15, 0.2) is 0 Å². The molecule has 0 bridgehead atoms. The zero-order valence-electron chi connectivity index (χ0n) is 16.2. The number of benzene rings is 1. The van der Waals surface area contributed by atoms with E-state index in [9.17, 15) is 14.4 Å². The van der Waals surface area contributed by atoms with Crippen LogP contribution in [0.1, 0.15) is 28.9 Å². The van der Waals surface area contributed by atoms with E-state index in [0.29, 0.717) is 24.5 Å². The van der Waals surface area contributed by atoms with E-state index in [2.05, 4.69) is 5.32 Å². The summed E-state index contributed by atoms with van der Waals surface area (Å²) in [6.45, 7) is 1.29.